The summed E-state index contributed by atoms with van der Waals surface area (Å²) in [5.74, 6) is -2.96. The summed E-state index contributed by atoms with van der Waals surface area (Å²) in [6.07, 6.45) is 4.06. The molecular weight excluding hydrogens is 548 g/mol. The Morgan fingerprint density at radius 2 is 1.44 bits per heavy atom. The fourth-order valence-electron chi connectivity index (χ4n) is 4.86. The average molecular weight is 593 g/mol. The van der Waals surface area contributed by atoms with Crippen LogP contribution in [0.25, 0.3) is 10.9 Å². The molecule has 0 fully saturated rings. The summed E-state index contributed by atoms with van der Waals surface area (Å²) in [5, 5.41) is 18.8. The van der Waals surface area contributed by atoms with E-state index in [0.29, 0.717) is 25.8 Å². The van der Waals surface area contributed by atoms with Gasteiger partial charge in [0.15, 0.2) is 0 Å². The fraction of sp³-hybridized carbons (Fsp3) is 0.438. The van der Waals surface area contributed by atoms with Crippen LogP contribution in [0.5, 0.6) is 0 Å². The largest absolute Gasteiger partial charge is 0.480 e. The van der Waals surface area contributed by atoms with Crippen LogP contribution in [-0.4, -0.2) is 64.5 Å². The number of carbonyl (C=O) groups is 4. The first kappa shape index (κ1) is 33.3. The standard InChI is InChI=1S/C32H44N6O5/c1-3-20(2)28(34)31(41)38-26(17-21-11-5-4-6-12-21)29(39)37-27(18-22-19-35-24-14-8-7-13-23(22)24)30(40)36-25(32(42)43)15-9-10-16-33/h4-8,11-14,19-20,25-28,35H,3,9-10,15-18,33-34H2,1-2H3,(H,36,40)(H,37,39)(H,38,41)(H,42,43). The highest BCUT2D eigenvalue weighted by Gasteiger charge is 2.31. The highest BCUT2D eigenvalue weighted by atomic mass is 16.4. The van der Waals surface area contributed by atoms with E-state index in [1.54, 1.807) is 6.20 Å². The number of amides is 3. The number of hydrogen-bond donors (Lipinski definition) is 7. The number of unbranched alkanes of at least 4 members (excludes halogenated alkanes) is 1. The summed E-state index contributed by atoms with van der Waals surface area (Å²) in [5.41, 5.74) is 14.2. The minimum atomic E-state index is -1.17. The molecule has 0 aliphatic heterocycles. The average Bonchev–Trinajstić information content (AvgIpc) is 3.42. The van der Waals surface area contributed by atoms with Crippen LogP contribution in [-0.2, 0) is 32.0 Å². The van der Waals surface area contributed by atoms with Gasteiger partial charge in [0.05, 0.1) is 6.04 Å². The number of carbonyl (C=O) groups excluding carboxylic acids is 3. The maximum Gasteiger partial charge on any atom is 0.326 e. The van der Waals surface area contributed by atoms with Crippen LogP contribution < -0.4 is 27.4 Å². The number of benzene rings is 2. The first-order chi connectivity index (χ1) is 20.6. The Labute approximate surface area is 252 Å². The van der Waals surface area contributed by atoms with Gasteiger partial charge in [-0.1, -0.05) is 68.8 Å². The number of aromatic nitrogens is 1. The van der Waals surface area contributed by atoms with E-state index in [2.05, 4.69) is 20.9 Å². The fourth-order valence-corrected chi connectivity index (χ4v) is 4.86. The Morgan fingerprint density at radius 3 is 2.09 bits per heavy atom. The molecule has 0 aliphatic rings. The monoisotopic (exact) mass is 592 g/mol. The summed E-state index contributed by atoms with van der Waals surface area (Å²) in [4.78, 5) is 55.5. The molecule has 43 heavy (non-hydrogen) atoms. The van der Waals surface area contributed by atoms with Gasteiger partial charge < -0.3 is 37.5 Å². The Bertz CT molecular complexity index is 1360. The Kier molecular flexibility index (Phi) is 12.7. The van der Waals surface area contributed by atoms with Crippen LogP contribution in [0.2, 0.25) is 0 Å². The van der Waals surface area contributed by atoms with Crippen molar-refractivity contribution in [2.24, 2.45) is 17.4 Å². The molecule has 0 bridgehead atoms. The van der Waals surface area contributed by atoms with Crippen molar-refractivity contribution in [2.75, 3.05) is 6.54 Å². The zero-order valence-corrected chi connectivity index (χ0v) is 24.8. The molecule has 11 nitrogen and oxygen atoms in total. The van der Waals surface area contributed by atoms with E-state index in [4.69, 9.17) is 11.5 Å². The molecule has 0 radical (unpaired) electrons. The topological polar surface area (TPSA) is 192 Å². The zero-order chi connectivity index (χ0) is 31.4. The minimum Gasteiger partial charge on any atom is -0.480 e. The van der Waals surface area contributed by atoms with Gasteiger partial charge in [-0.15, -0.1) is 0 Å². The molecule has 0 aliphatic carbocycles. The quantitative estimate of drug-likeness (QED) is 0.117. The number of nitrogens with one attached hydrogen (secondary N) is 4. The number of fused-ring (bicyclic) bond motifs is 1. The van der Waals surface area contributed by atoms with Crippen LogP contribution in [0, 0.1) is 5.92 Å². The van der Waals surface area contributed by atoms with Crippen molar-refractivity contribution in [3.8, 4) is 0 Å². The Morgan fingerprint density at radius 1 is 0.837 bits per heavy atom. The van der Waals surface area contributed by atoms with E-state index >= 15 is 0 Å². The van der Waals surface area contributed by atoms with E-state index in [1.165, 1.54) is 0 Å². The molecule has 2 aromatic carbocycles. The first-order valence-electron chi connectivity index (χ1n) is 14.8. The number of carboxylic acids is 1. The zero-order valence-electron chi connectivity index (χ0n) is 24.8. The molecule has 9 N–H and O–H groups in total. The summed E-state index contributed by atoms with van der Waals surface area (Å²) >= 11 is 0. The second-order valence-electron chi connectivity index (χ2n) is 11.0. The van der Waals surface area contributed by atoms with Crippen LogP contribution in [0.1, 0.15) is 50.7 Å². The SMILES string of the molecule is CCC(C)C(N)C(=O)NC(Cc1ccccc1)C(=O)NC(Cc1c[nH]c2ccccc12)C(=O)NC(CCCCN)C(=O)O. The maximum atomic E-state index is 13.8. The lowest BCUT2D eigenvalue weighted by molar-refractivity contribution is -0.142. The lowest BCUT2D eigenvalue weighted by Gasteiger charge is -2.26. The summed E-state index contributed by atoms with van der Waals surface area (Å²) < 4.78 is 0. The lowest BCUT2D eigenvalue weighted by atomic mass is 9.98. The number of H-pyrrole nitrogens is 1. The van der Waals surface area contributed by atoms with Crippen LogP contribution in [0.4, 0.5) is 0 Å². The predicted molar refractivity (Wildman–Crippen MR) is 166 cm³/mol. The van der Waals surface area contributed by atoms with E-state index in [-0.39, 0.29) is 25.2 Å². The molecule has 0 spiro atoms. The summed E-state index contributed by atoms with van der Waals surface area (Å²) in [6, 6.07) is 12.7. The van der Waals surface area contributed by atoms with Gasteiger partial charge in [-0.05, 0) is 48.9 Å². The van der Waals surface area contributed by atoms with Crippen molar-refractivity contribution in [1.82, 2.24) is 20.9 Å². The summed E-state index contributed by atoms with van der Waals surface area (Å²) in [6.45, 7) is 4.21. The molecule has 1 heterocycles. The van der Waals surface area contributed by atoms with Gasteiger partial charge in [0, 0.05) is 29.9 Å². The van der Waals surface area contributed by atoms with E-state index in [1.807, 2.05) is 68.4 Å². The first-order valence-corrected chi connectivity index (χ1v) is 14.8. The van der Waals surface area contributed by atoms with Gasteiger partial charge in [-0.2, -0.15) is 0 Å². The van der Waals surface area contributed by atoms with Gasteiger partial charge in [0.1, 0.15) is 18.1 Å². The number of para-hydroxylation sites is 1. The molecule has 5 unspecified atom stereocenters. The molecule has 232 valence electrons. The van der Waals surface area contributed by atoms with Crippen LogP contribution in [0.15, 0.2) is 60.8 Å². The smallest absolute Gasteiger partial charge is 0.326 e. The Hall–Kier alpha value is -4.22. The number of carboxylic acid groups (broad SMARTS) is 1. The van der Waals surface area contributed by atoms with E-state index < -0.39 is 47.9 Å². The molecule has 0 saturated heterocycles. The van der Waals surface area contributed by atoms with Crippen molar-refractivity contribution >= 4 is 34.6 Å². The van der Waals surface area contributed by atoms with Crippen LogP contribution >= 0.6 is 0 Å². The van der Waals surface area contributed by atoms with Crippen LogP contribution in [0.3, 0.4) is 0 Å². The number of nitrogens with two attached hydrogens (primary N) is 2. The minimum absolute atomic E-state index is 0.0924. The lowest BCUT2D eigenvalue weighted by Crippen LogP contribution is -2.58. The number of hydrogen-bond acceptors (Lipinski definition) is 6. The second-order valence-corrected chi connectivity index (χ2v) is 11.0. The highest BCUT2D eigenvalue weighted by molar-refractivity contribution is 5.95. The van der Waals surface area contributed by atoms with Crippen molar-refractivity contribution in [3.63, 3.8) is 0 Å². The maximum absolute atomic E-state index is 13.8. The van der Waals surface area contributed by atoms with Crippen molar-refractivity contribution in [2.45, 2.75) is 76.5 Å². The number of aliphatic carboxylic acids is 1. The molecular formula is C32H44N6O5. The highest BCUT2D eigenvalue weighted by Crippen LogP contribution is 2.20. The van der Waals surface area contributed by atoms with Gasteiger partial charge in [-0.25, -0.2) is 4.79 Å². The third-order valence-electron chi connectivity index (χ3n) is 7.77. The molecule has 3 rings (SSSR count). The Balaban J connectivity index is 1.89. The third-order valence-corrected chi connectivity index (χ3v) is 7.77. The van der Waals surface area contributed by atoms with E-state index in [0.717, 1.165) is 22.0 Å². The summed E-state index contributed by atoms with van der Waals surface area (Å²) in [7, 11) is 0. The third kappa shape index (κ3) is 9.65. The van der Waals surface area contributed by atoms with Crippen molar-refractivity contribution < 1.29 is 24.3 Å². The van der Waals surface area contributed by atoms with Gasteiger partial charge in [0.2, 0.25) is 17.7 Å². The van der Waals surface area contributed by atoms with E-state index in [9.17, 15) is 24.3 Å². The molecule has 3 aromatic rings. The molecule has 5 atom stereocenters. The number of rotatable bonds is 17. The molecule has 11 heteroatoms. The van der Waals surface area contributed by atoms with Gasteiger partial charge in [-0.3, -0.25) is 14.4 Å². The normalized spacial score (nSPS) is 14.7. The molecule has 3 amide bonds. The van der Waals surface area contributed by atoms with Gasteiger partial charge >= 0.3 is 5.97 Å². The molecule has 0 saturated carbocycles. The van der Waals surface area contributed by atoms with Crippen molar-refractivity contribution in [3.05, 3.63) is 71.9 Å². The number of aromatic amines is 1. The predicted octanol–water partition coefficient (Wildman–Crippen LogP) is 1.99. The van der Waals surface area contributed by atoms with Gasteiger partial charge in [0.25, 0.3) is 0 Å². The second kappa shape index (κ2) is 16.4. The van der Waals surface area contributed by atoms with Crippen molar-refractivity contribution in [1.29, 1.82) is 0 Å². The molecule has 1 aromatic heterocycles.